The van der Waals surface area contributed by atoms with Gasteiger partial charge < -0.3 is 5.32 Å². The molecule has 1 saturated heterocycles. The normalized spacial score (nSPS) is 20.4. The average molecular weight is 435 g/mol. The highest BCUT2D eigenvalue weighted by molar-refractivity contribution is 7.14. The van der Waals surface area contributed by atoms with Crippen LogP contribution in [0.3, 0.4) is 0 Å². The maximum absolute atomic E-state index is 12.4. The zero-order valence-corrected chi connectivity index (χ0v) is 19.2. The predicted octanol–water partition coefficient (Wildman–Crippen LogP) is 3.87. The summed E-state index contributed by atoms with van der Waals surface area (Å²) in [5.74, 6) is 1.16. The summed E-state index contributed by atoms with van der Waals surface area (Å²) >= 11 is 2.72. The first-order valence-corrected chi connectivity index (χ1v) is 11.8. The van der Waals surface area contributed by atoms with E-state index in [0.29, 0.717) is 34.1 Å². The lowest BCUT2D eigenvalue weighted by Crippen LogP contribution is -2.56. The third kappa shape index (κ3) is 6.10. The minimum absolute atomic E-state index is 0.0439. The van der Waals surface area contributed by atoms with E-state index in [1.807, 2.05) is 16.8 Å². The second-order valence-corrected chi connectivity index (χ2v) is 10.5. The van der Waals surface area contributed by atoms with Gasteiger partial charge in [0.2, 0.25) is 5.91 Å². The van der Waals surface area contributed by atoms with Crippen LogP contribution in [0.15, 0.2) is 22.9 Å². The Balaban J connectivity index is 1.48. The fourth-order valence-electron chi connectivity index (χ4n) is 3.82. The van der Waals surface area contributed by atoms with Crippen LogP contribution >= 0.6 is 22.7 Å². The van der Waals surface area contributed by atoms with Crippen LogP contribution in [-0.4, -0.2) is 46.9 Å². The summed E-state index contributed by atoms with van der Waals surface area (Å²) in [5.41, 5.74) is 0.590. The first-order valence-electron chi connectivity index (χ1n) is 10.0. The number of piperidine rings is 1. The summed E-state index contributed by atoms with van der Waals surface area (Å²) in [7, 11) is 0. The molecule has 2 amide bonds. The van der Waals surface area contributed by atoms with E-state index in [4.69, 9.17) is 0 Å². The highest BCUT2D eigenvalue weighted by atomic mass is 32.1. The molecule has 1 aliphatic rings. The smallest absolute Gasteiger partial charge is 0.267 e. The summed E-state index contributed by atoms with van der Waals surface area (Å²) in [5, 5.41) is 10.1. The van der Waals surface area contributed by atoms with E-state index in [0.717, 1.165) is 13.1 Å². The molecule has 0 spiro atoms. The van der Waals surface area contributed by atoms with Gasteiger partial charge in [-0.15, -0.1) is 22.7 Å². The third-order valence-electron chi connectivity index (χ3n) is 5.30. The van der Waals surface area contributed by atoms with Crippen molar-refractivity contribution in [2.24, 2.45) is 11.8 Å². The minimum Gasteiger partial charge on any atom is -0.354 e. The third-order valence-corrected chi connectivity index (χ3v) is 6.98. The van der Waals surface area contributed by atoms with Crippen molar-refractivity contribution in [3.63, 3.8) is 0 Å². The summed E-state index contributed by atoms with van der Waals surface area (Å²) in [6.07, 6.45) is 1.49. The largest absolute Gasteiger partial charge is 0.354 e. The van der Waals surface area contributed by atoms with Crippen LogP contribution in [-0.2, 0) is 11.2 Å². The van der Waals surface area contributed by atoms with E-state index in [-0.39, 0.29) is 23.8 Å². The Labute approximate surface area is 180 Å². The zero-order valence-electron chi connectivity index (χ0n) is 17.5. The number of hydrogen-bond acceptors (Lipinski definition) is 6. The number of thiophene rings is 1. The van der Waals surface area contributed by atoms with Gasteiger partial charge in [-0.3, -0.25) is 19.8 Å². The van der Waals surface area contributed by atoms with Crippen LogP contribution in [0.2, 0.25) is 0 Å². The van der Waals surface area contributed by atoms with Gasteiger partial charge in [-0.2, -0.15) is 0 Å². The molecular formula is C21H30N4O2S2. The molecule has 8 heteroatoms. The van der Waals surface area contributed by atoms with Crippen molar-refractivity contribution in [2.75, 3.05) is 25.0 Å². The molecule has 0 aliphatic carbocycles. The molecule has 1 aliphatic heterocycles. The lowest BCUT2D eigenvalue weighted by molar-refractivity contribution is -0.121. The summed E-state index contributed by atoms with van der Waals surface area (Å²) in [4.78, 5) is 32.0. The van der Waals surface area contributed by atoms with Crippen molar-refractivity contribution >= 4 is 39.6 Å². The first-order chi connectivity index (χ1) is 13.7. The molecule has 1 fully saturated rings. The summed E-state index contributed by atoms with van der Waals surface area (Å²) in [6, 6.07) is 3.61. The topological polar surface area (TPSA) is 74.3 Å². The van der Waals surface area contributed by atoms with Crippen molar-refractivity contribution in [1.82, 2.24) is 15.2 Å². The highest BCUT2D eigenvalue weighted by Gasteiger charge is 2.32. The fourth-order valence-corrected chi connectivity index (χ4v) is 5.15. The van der Waals surface area contributed by atoms with Crippen LogP contribution in [0.5, 0.6) is 0 Å². The Bertz CT molecular complexity index is 822. The number of nitrogens with one attached hydrogen (secondary N) is 2. The van der Waals surface area contributed by atoms with Gasteiger partial charge >= 0.3 is 0 Å². The van der Waals surface area contributed by atoms with Crippen molar-refractivity contribution < 1.29 is 9.59 Å². The Morgan fingerprint density at radius 1 is 1.24 bits per heavy atom. The first kappa shape index (κ1) is 21.9. The Morgan fingerprint density at radius 3 is 2.62 bits per heavy atom. The Kier molecular flexibility index (Phi) is 7.08. The number of thiazole rings is 1. The van der Waals surface area contributed by atoms with Crippen LogP contribution in [0.1, 0.15) is 49.5 Å². The number of nitrogens with zero attached hydrogens (tertiary/aromatic N) is 2. The number of anilines is 1. The monoisotopic (exact) mass is 434 g/mol. The van der Waals surface area contributed by atoms with Gasteiger partial charge in [-0.1, -0.05) is 19.9 Å². The molecule has 6 nitrogen and oxygen atoms in total. The van der Waals surface area contributed by atoms with E-state index in [1.165, 1.54) is 29.1 Å². The van der Waals surface area contributed by atoms with E-state index in [9.17, 15) is 9.59 Å². The Morgan fingerprint density at radius 2 is 1.97 bits per heavy atom. The molecule has 158 valence electrons. The van der Waals surface area contributed by atoms with Crippen molar-refractivity contribution in [3.05, 3.63) is 33.5 Å². The van der Waals surface area contributed by atoms with E-state index >= 15 is 0 Å². The SMILES string of the molecule is CC1CC(C)CN(C(C)(C)CNC(=O)Cc2csc(NC(=O)c3cccs3)n2)C1. The second-order valence-electron chi connectivity index (χ2n) is 8.69. The van der Waals surface area contributed by atoms with E-state index < -0.39 is 0 Å². The van der Waals surface area contributed by atoms with E-state index in [2.05, 4.69) is 48.2 Å². The molecule has 29 heavy (non-hydrogen) atoms. The number of likely N-dealkylation sites (tertiary alicyclic amines) is 1. The average Bonchev–Trinajstić information content (AvgIpc) is 3.31. The van der Waals surface area contributed by atoms with Gasteiger partial charge in [0.1, 0.15) is 0 Å². The van der Waals surface area contributed by atoms with Crippen LogP contribution in [0.4, 0.5) is 5.13 Å². The molecule has 2 aromatic rings. The Hall–Kier alpha value is -1.77. The van der Waals surface area contributed by atoms with Crippen molar-refractivity contribution in [2.45, 2.75) is 46.1 Å². The molecule has 0 aromatic carbocycles. The predicted molar refractivity (Wildman–Crippen MR) is 120 cm³/mol. The number of hydrogen-bond donors (Lipinski definition) is 2. The standard InChI is InChI=1S/C21H30N4O2S2/c1-14-8-15(2)11-25(10-14)21(3,4)13-22-18(26)9-16-12-29-20(23-16)24-19(27)17-6-5-7-28-17/h5-7,12,14-15H,8-11,13H2,1-4H3,(H,22,26)(H,23,24,27). The number of aromatic nitrogens is 1. The van der Waals surface area contributed by atoms with Gasteiger partial charge in [-0.25, -0.2) is 4.98 Å². The maximum Gasteiger partial charge on any atom is 0.267 e. The molecule has 0 radical (unpaired) electrons. The second kappa shape index (κ2) is 9.36. The molecule has 0 saturated carbocycles. The molecule has 0 bridgehead atoms. The number of carbonyl (C=O) groups excluding carboxylic acids is 2. The van der Waals surface area contributed by atoms with Gasteiger partial charge in [0.15, 0.2) is 5.13 Å². The van der Waals surface area contributed by atoms with Crippen LogP contribution in [0, 0.1) is 11.8 Å². The molecule has 2 N–H and O–H groups in total. The highest BCUT2D eigenvalue weighted by Crippen LogP contribution is 2.27. The van der Waals surface area contributed by atoms with Crippen LogP contribution in [0.25, 0.3) is 0 Å². The number of carbonyl (C=O) groups is 2. The van der Waals surface area contributed by atoms with Crippen LogP contribution < -0.4 is 10.6 Å². The minimum atomic E-state index is -0.169. The molecule has 2 atom stereocenters. The molecule has 3 rings (SSSR count). The van der Waals surface area contributed by atoms with Crippen molar-refractivity contribution in [3.8, 4) is 0 Å². The molecular weight excluding hydrogens is 404 g/mol. The molecule has 3 heterocycles. The van der Waals surface area contributed by atoms with Gasteiger partial charge in [0.25, 0.3) is 5.91 Å². The summed E-state index contributed by atoms with van der Waals surface area (Å²) in [6.45, 7) is 11.7. The quantitative estimate of drug-likeness (QED) is 0.694. The van der Waals surface area contributed by atoms with Gasteiger partial charge in [-0.05, 0) is 43.6 Å². The maximum atomic E-state index is 12.4. The lowest BCUT2D eigenvalue weighted by atomic mass is 9.88. The zero-order chi connectivity index (χ0) is 21.0. The fraction of sp³-hybridized carbons (Fsp3) is 0.571. The molecule has 2 aromatic heterocycles. The number of amides is 2. The van der Waals surface area contributed by atoms with Crippen molar-refractivity contribution in [1.29, 1.82) is 0 Å². The summed E-state index contributed by atoms with van der Waals surface area (Å²) < 4.78 is 0. The van der Waals surface area contributed by atoms with E-state index in [1.54, 1.807) is 6.07 Å². The van der Waals surface area contributed by atoms with Gasteiger partial charge in [0.05, 0.1) is 17.0 Å². The molecule has 2 unspecified atom stereocenters. The number of rotatable bonds is 7. The van der Waals surface area contributed by atoms with Gasteiger partial charge in [0, 0.05) is 30.6 Å². The lowest BCUT2D eigenvalue weighted by Gasteiger charge is -2.45.